The highest BCUT2D eigenvalue weighted by molar-refractivity contribution is 5.96. The predicted octanol–water partition coefficient (Wildman–Crippen LogP) is 1.05. The summed E-state index contributed by atoms with van der Waals surface area (Å²) in [5.41, 5.74) is 18.1. The number of benzene rings is 1. The third kappa shape index (κ3) is 14.5. The molecule has 12 N–H and O–H groups in total. The van der Waals surface area contributed by atoms with Gasteiger partial charge in [0, 0.05) is 6.42 Å². The zero-order chi connectivity index (χ0) is 38.8. The van der Waals surface area contributed by atoms with Crippen molar-refractivity contribution in [2.75, 3.05) is 13.1 Å². The summed E-state index contributed by atoms with van der Waals surface area (Å²) in [5, 5.41) is 30.9. The molecule has 1 aromatic carbocycles. The number of hydrogen-bond acceptors (Lipinski definition) is 10. The Bertz CT molecular complexity index is 1400. The predicted molar refractivity (Wildman–Crippen MR) is 199 cm³/mol. The number of carbonyl (C=O) groups excluding carboxylic acids is 5. The lowest BCUT2D eigenvalue weighted by molar-refractivity contribution is -0.146. The molecule has 6 atom stereocenters. The first-order chi connectivity index (χ1) is 25.4. The number of unbranched alkanes of at least 4 members (excludes halogenated alkanes) is 2. The number of amides is 4. The summed E-state index contributed by atoms with van der Waals surface area (Å²) in [4.78, 5) is 80.6. The lowest BCUT2D eigenvalue weighted by Crippen LogP contribution is -2.58. The number of phenolic OH excluding ortho intramolecular Hbond substituents is 1. The number of Topliss-reactive ketones (excluding diaryl/α,β-unsaturated/α-hetero) is 1. The Hall–Kier alpha value is -4.34. The molecule has 4 amide bonds. The van der Waals surface area contributed by atoms with E-state index in [0.29, 0.717) is 57.2 Å². The number of rotatable bonds is 17. The first-order valence-electron chi connectivity index (χ1n) is 19.0. The van der Waals surface area contributed by atoms with Gasteiger partial charge in [-0.1, -0.05) is 43.5 Å². The molecule has 15 heteroatoms. The molecule has 0 unspecified atom stereocenters. The van der Waals surface area contributed by atoms with E-state index in [1.165, 1.54) is 12.1 Å². The van der Waals surface area contributed by atoms with Crippen LogP contribution in [0.5, 0.6) is 5.75 Å². The molecule has 294 valence electrons. The van der Waals surface area contributed by atoms with Crippen LogP contribution in [-0.4, -0.2) is 88.9 Å². The molecule has 15 nitrogen and oxygen atoms in total. The van der Waals surface area contributed by atoms with Gasteiger partial charge in [-0.25, -0.2) is 0 Å². The van der Waals surface area contributed by atoms with Gasteiger partial charge in [-0.05, 0) is 107 Å². The number of ketones is 1. The van der Waals surface area contributed by atoms with Gasteiger partial charge in [0.25, 0.3) is 0 Å². The van der Waals surface area contributed by atoms with E-state index in [-0.39, 0.29) is 50.2 Å². The number of carboxylic acids is 1. The fourth-order valence-electron chi connectivity index (χ4n) is 6.90. The monoisotopic (exact) mass is 741 g/mol. The van der Waals surface area contributed by atoms with Crippen molar-refractivity contribution in [3.05, 3.63) is 42.0 Å². The third-order valence-corrected chi connectivity index (χ3v) is 10.1. The Labute approximate surface area is 311 Å². The van der Waals surface area contributed by atoms with Gasteiger partial charge >= 0.3 is 5.97 Å². The van der Waals surface area contributed by atoms with Gasteiger partial charge in [0.1, 0.15) is 23.9 Å². The van der Waals surface area contributed by atoms with Crippen molar-refractivity contribution in [1.82, 2.24) is 21.3 Å². The van der Waals surface area contributed by atoms with Gasteiger partial charge in [-0.3, -0.25) is 28.8 Å². The average Bonchev–Trinajstić information content (AvgIpc) is 3.14. The van der Waals surface area contributed by atoms with Crippen LogP contribution in [-0.2, 0) is 35.2 Å². The molecule has 0 aromatic heterocycles. The molecule has 1 aliphatic carbocycles. The van der Waals surface area contributed by atoms with Crippen LogP contribution >= 0.6 is 0 Å². The minimum Gasteiger partial charge on any atom is -0.508 e. The van der Waals surface area contributed by atoms with Crippen molar-refractivity contribution in [2.45, 2.75) is 127 Å². The summed E-state index contributed by atoms with van der Waals surface area (Å²) in [7, 11) is 0. The zero-order valence-electron chi connectivity index (χ0n) is 30.6. The number of hydrogen-bond donors (Lipinski definition) is 9. The number of aliphatic carboxylic acids is 1. The molecule has 1 aliphatic heterocycles. The van der Waals surface area contributed by atoms with Gasteiger partial charge in [0.05, 0.1) is 18.0 Å². The lowest BCUT2D eigenvalue weighted by atomic mass is 9.77. The van der Waals surface area contributed by atoms with Crippen molar-refractivity contribution in [3.63, 3.8) is 0 Å². The molecule has 1 fully saturated rings. The Morgan fingerprint density at radius 2 is 1.36 bits per heavy atom. The van der Waals surface area contributed by atoms with Crippen LogP contribution in [0.2, 0.25) is 0 Å². The Balaban J connectivity index is 1.91. The van der Waals surface area contributed by atoms with E-state index in [9.17, 15) is 39.0 Å². The van der Waals surface area contributed by atoms with Crippen molar-refractivity contribution in [1.29, 1.82) is 0 Å². The average molecular weight is 742 g/mol. The number of nitrogens with one attached hydrogen (secondary N) is 4. The van der Waals surface area contributed by atoms with Crippen LogP contribution in [0.15, 0.2) is 36.4 Å². The third-order valence-electron chi connectivity index (χ3n) is 10.1. The fraction of sp³-hybridized carbons (Fsp3) is 0.632. The lowest BCUT2D eigenvalue weighted by Gasteiger charge is -2.29. The molecule has 0 radical (unpaired) electrons. The first kappa shape index (κ1) is 43.1. The number of phenols is 1. The normalized spacial score (nSPS) is 23.1. The highest BCUT2D eigenvalue weighted by atomic mass is 16.4. The van der Waals surface area contributed by atoms with Crippen LogP contribution in [0.25, 0.3) is 0 Å². The molecule has 3 rings (SSSR count). The van der Waals surface area contributed by atoms with Crippen molar-refractivity contribution in [3.8, 4) is 5.75 Å². The van der Waals surface area contributed by atoms with E-state index in [4.69, 9.17) is 17.2 Å². The SMILES string of the molecule is NCCCC[C@@H]1NC(=O)[C@H](CCCCN)NC(=O)[C@@H](N)CC=CC[C@@H](C(=O)N[C@@H](Cc2ccc(O)cc2)C(=O)C[C@H](C(=O)O)C2CCCCC2)NC1=O. The van der Waals surface area contributed by atoms with Crippen LogP contribution < -0.4 is 38.5 Å². The quantitative estimate of drug-likeness (QED) is 0.0804. The number of carbonyl (C=O) groups is 6. The summed E-state index contributed by atoms with van der Waals surface area (Å²) >= 11 is 0. The van der Waals surface area contributed by atoms with E-state index < -0.39 is 71.5 Å². The zero-order valence-corrected chi connectivity index (χ0v) is 30.6. The van der Waals surface area contributed by atoms with Gasteiger partial charge in [0.2, 0.25) is 23.6 Å². The maximum absolute atomic E-state index is 14.0. The molecule has 0 spiro atoms. The summed E-state index contributed by atoms with van der Waals surface area (Å²) in [5.74, 6) is -4.99. The molecule has 0 bridgehead atoms. The minimum atomic E-state index is -1.20. The largest absolute Gasteiger partial charge is 0.508 e. The van der Waals surface area contributed by atoms with Crippen molar-refractivity contribution >= 4 is 35.4 Å². The summed E-state index contributed by atoms with van der Waals surface area (Å²) in [6.07, 6.45) is 10.00. The second kappa shape index (κ2) is 22.7. The minimum absolute atomic E-state index is 0.0188. The van der Waals surface area contributed by atoms with Crippen molar-refractivity contribution in [2.24, 2.45) is 29.0 Å². The topological polar surface area (TPSA) is 269 Å². The number of nitrogens with two attached hydrogens (primary N) is 3. The highest BCUT2D eigenvalue weighted by Gasteiger charge is 2.36. The Kier molecular flexibility index (Phi) is 18.4. The summed E-state index contributed by atoms with van der Waals surface area (Å²) < 4.78 is 0. The van der Waals surface area contributed by atoms with E-state index in [0.717, 1.165) is 19.3 Å². The summed E-state index contributed by atoms with van der Waals surface area (Å²) in [6, 6.07) is 0.766. The molecule has 0 saturated heterocycles. The standard InChI is InChI=1S/C38H59N7O8/c39-20-8-6-14-29-35(49)44-31(15-7-9-21-40)36(50)43-30(13-5-4-12-28(41)34(48)42-29)37(51)45-32(22-24-16-18-26(46)19-17-24)33(47)23-27(38(52)53)25-10-2-1-3-11-25/h4-5,16-19,25,27-32,46H,1-3,6-15,20-23,39-41H2,(H,42,48)(H,43,50)(H,44,49)(H,45,51)(H,52,53)/t27-,28-,29-,30-,31-,32-/m0/s1. The van der Waals surface area contributed by atoms with Crippen LogP contribution in [0.1, 0.15) is 95.5 Å². The molecule has 1 heterocycles. The molecule has 1 aromatic rings. The Morgan fingerprint density at radius 3 is 1.94 bits per heavy atom. The second-order valence-electron chi connectivity index (χ2n) is 14.2. The fourth-order valence-corrected chi connectivity index (χ4v) is 6.90. The van der Waals surface area contributed by atoms with E-state index in [1.54, 1.807) is 24.3 Å². The molecule has 1 saturated carbocycles. The smallest absolute Gasteiger partial charge is 0.307 e. The second-order valence-corrected chi connectivity index (χ2v) is 14.2. The van der Waals surface area contributed by atoms with E-state index in [1.807, 2.05) is 0 Å². The van der Waals surface area contributed by atoms with Crippen LogP contribution in [0.3, 0.4) is 0 Å². The van der Waals surface area contributed by atoms with E-state index >= 15 is 0 Å². The van der Waals surface area contributed by atoms with Gasteiger partial charge < -0.3 is 48.7 Å². The van der Waals surface area contributed by atoms with Crippen molar-refractivity contribution < 1.29 is 39.0 Å². The molecule has 53 heavy (non-hydrogen) atoms. The molecule has 2 aliphatic rings. The highest BCUT2D eigenvalue weighted by Crippen LogP contribution is 2.32. The first-order valence-corrected chi connectivity index (χ1v) is 19.0. The van der Waals surface area contributed by atoms with Gasteiger partial charge in [-0.2, -0.15) is 0 Å². The van der Waals surface area contributed by atoms with Gasteiger partial charge in [0.15, 0.2) is 5.78 Å². The number of carboxylic acid groups (broad SMARTS) is 1. The molecular weight excluding hydrogens is 682 g/mol. The maximum atomic E-state index is 14.0. The van der Waals surface area contributed by atoms with Crippen LogP contribution in [0, 0.1) is 11.8 Å². The van der Waals surface area contributed by atoms with E-state index in [2.05, 4.69) is 21.3 Å². The summed E-state index contributed by atoms with van der Waals surface area (Å²) in [6.45, 7) is 0.774. The maximum Gasteiger partial charge on any atom is 0.307 e. The van der Waals surface area contributed by atoms with Gasteiger partial charge in [-0.15, -0.1) is 0 Å². The number of aromatic hydroxyl groups is 1. The van der Waals surface area contributed by atoms with Crippen LogP contribution in [0.4, 0.5) is 0 Å². The Morgan fingerprint density at radius 1 is 0.792 bits per heavy atom. The molecular formula is C38H59N7O8.